The third-order valence-electron chi connectivity index (χ3n) is 4.72. The van der Waals surface area contributed by atoms with Crippen molar-refractivity contribution < 1.29 is 24.4 Å². The van der Waals surface area contributed by atoms with E-state index >= 15 is 0 Å². The number of nitro groups is 1. The molecule has 10 heteroatoms. The van der Waals surface area contributed by atoms with Gasteiger partial charge in [-0.25, -0.2) is 4.79 Å². The second-order valence-corrected chi connectivity index (χ2v) is 8.72. The molecule has 0 aliphatic carbocycles. The molecule has 0 radical (unpaired) electrons. The molecule has 2 aliphatic heterocycles. The summed E-state index contributed by atoms with van der Waals surface area (Å²) in [6, 6.07) is 4.07. The number of carboxylic acid groups (broad SMARTS) is 1. The van der Waals surface area contributed by atoms with Crippen molar-refractivity contribution in [1.29, 1.82) is 0 Å². The first-order chi connectivity index (χ1) is 12.0. The molecule has 0 saturated carbocycles. The normalized spacial score (nSPS) is 28.9. The Morgan fingerprint density at radius 2 is 1.85 bits per heavy atom. The van der Waals surface area contributed by atoms with Crippen molar-refractivity contribution in [3.8, 4) is 0 Å². The van der Waals surface area contributed by atoms with Gasteiger partial charge in [0.05, 0.1) is 4.92 Å². The quantitative estimate of drug-likeness (QED) is 0.457. The third kappa shape index (κ3) is 2.52. The summed E-state index contributed by atoms with van der Waals surface area (Å²) < 4.78 is -0.692. The molecular formula is C16H17N3O6S. The number of carbonyl (C=O) groups is 3. The largest absolute Gasteiger partial charge is 0.480 e. The van der Waals surface area contributed by atoms with Crippen LogP contribution in [0, 0.1) is 10.1 Å². The van der Waals surface area contributed by atoms with Gasteiger partial charge in [0.25, 0.3) is 17.5 Å². The number of carbonyl (C=O) groups excluding carboxylic acids is 2. The van der Waals surface area contributed by atoms with Gasteiger partial charge in [-0.15, -0.1) is 11.8 Å². The van der Waals surface area contributed by atoms with E-state index in [1.807, 2.05) is 0 Å². The van der Waals surface area contributed by atoms with E-state index in [2.05, 4.69) is 5.32 Å². The van der Waals surface area contributed by atoms with Crippen LogP contribution in [0.1, 0.15) is 31.1 Å². The van der Waals surface area contributed by atoms with Crippen molar-refractivity contribution in [3.05, 3.63) is 39.9 Å². The number of amides is 2. The van der Waals surface area contributed by atoms with E-state index in [0.717, 1.165) is 0 Å². The second kappa shape index (κ2) is 5.70. The van der Waals surface area contributed by atoms with Gasteiger partial charge in [0.2, 0.25) is 0 Å². The van der Waals surface area contributed by atoms with Crippen molar-refractivity contribution >= 4 is 35.2 Å². The summed E-state index contributed by atoms with van der Waals surface area (Å²) in [5.41, 5.74) is -1.19. The first-order valence-electron chi connectivity index (χ1n) is 7.79. The minimum Gasteiger partial charge on any atom is -0.480 e. The lowest BCUT2D eigenvalue weighted by Gasteiger charge is -2.51. The highest BCUT2D eigenvalue weighted by Gasteiger charge is 2.70. The summed E-state index contributed by atoms with van der Waals surface area (Å²) in [4.78, 5) is 48.0. The lowest BCUT2D eigenvalue weighted by molar-refractivity contribution is -0.384. The Hall–Kier alpha value is -2.62. The van der Waals surface area contributed by atoms with Crippen molar-refractivity contribution in [2.75, 3.05) is 0 Å². The molecule has 0 aromatic heterocycles. The van der Waals surface area contributed by atoms with E-state index in [4.69, 9.17) is 0 Å². The smallest absolute Gasteiger partial charge is 0.327 e. The minimum absolute atomic E-state index is 0.143. The van der Waals surface area contributed by atoms with E-state index in [-0.39, 0.29) is 11.3 Å². The average Bonchev–Trinajstić information content (AvgIpc) is 2.84. The molecule has 0 spiro atoms. The van der Waals surface area contributed by atoms with E-state index in [0.29, 0.717) is 0 Å². The molecule has 2 amide bonds. The Labute approximate surface area is 152 Å². The first-order valence-corrected chi connectivity index (χ1v) is 8.67. The van der Waals surface area contributed by atoms with Gasteiger partial charge >= 0.3 is 5.97 Å². The summed E-state index contributed by atoms with van der Waals surface area (Å²) in [5.74, 6) is -2.09. The van der Waals surface area contributed by atoms with Crippen LogP contribution in [0.15, 0.2) is 24.3 Å². The number of carboxylic acids is 1. The second-order valence-electron chi connectivity index (χ2n) is 6.99. The zero-order valence-corrected chi connectivity index (χ0v) is 15.1. The number of fused-ring (bicyclic) bond motifs is 1. The molecule has 9 nitrogen and oxygen atoms in total. The van der Waals surface area contributed by atoms with Crippen LogP contribution in [0.25, 0.3) is 0 Å². The highest BCUT2D eigenvalue weighted by atomic mass is 32.2. The van der Waals surface area contributed by atoms with Crippen LogP contribution in [-0.4, -0.2) is 54.4 Å². The number of hydrogen-bond donors (Lipinski definition) is 2. The van der Waals surface area contributed by atoms with Gasteiger partial charge in [0, 0.05) is 22.4 Å². The number of aliphatic carboxylic acids is 1. The van der Waals surface area contributed by atoms with Gasteiger partial charge < -0.3 is 15.3 Å². The zero-order valence-electron chi connectivity index (χ0n) is 14.3. The molecule has 1 aromatic rings. The number of benzene rings is 1. The Balaban J connectivity index is 1.80. The predicted octanol–water partition coefficient (Wildman–Crippen LogP) is 1.23. The average molecular weight is 379 g/mol. The Morgan fingerprint density at radius 3 is 2.35 bits per heavy atom. The van der Waals surface area contributed by atoms with Crippen LogP contribution in [0.5, 0.6) is 0 Å². The van der Waals surface area contributed by atoms with Gasteiger partial charge in [0.15, 0.2) is 0 Å². The number of thioether (sulfide) groups is 1. The number of non-ortho nitro benzene ring substituents is 1. The van der Waals surface area contributed by atoms with E-state index in [9.17, 15) is 29.6 Å². The number of β-lactam (4-membered cyclic amide) rings is 1. The van der Waals surface area contributed by atoms with Crippen LogP contribution < -0.4 is 5.32 Å². The van der Waals surface area contributed by atoms with Gasteiger partial charge in [-0.2, -0.15) is 0 Å². The predicted molar refractivity (Wildman–Crippen MR) is 92.7 cm³/mol. The fourth-order valence-electron chi connectivity index (χ4n) is 3.38. The minimum atomic E-state index is -1.23. The van der Waals surface area contributed by atoms with Gasteiger partial charge in [-0.1, -0.05) is 0 Å². The zero-order chi connectivity index (χ0) is 19.4. The summed E-state index contributed by atoms with van der Waals surface area (Å²) in [5, 5.41) is 22.3. The van der Waals surface area contributed by atoms with Crippen LogP contribution in [0.3, 0.4) is 0 Å². The molecule has 1 aromatic carbocycles. The molecular weight excluding hydrogens is 362 g/mol. The summed E-state index contributed by atoms with van der Waals surface area (Å²) in [6.07, 6.45) is 0. The van der Waals surface area contributed by atoms with Gasteiger partial charge in [-0.05, 0) is 32.9 Å². The Kier molecular flexibility index (Phi) is 3.98. The lowest BCUT2D eigenvalue weighted by Crippen LogP contribution is -2.78. The fraction of sp³-hybridized carbons (Fsp3) is 0.438. The van der Waals surface area contributed by atoms with Gasteiger partial charge in [0.1, 0.15) is 17.0 Å². The number of rotatable bonds is 4. The molecule has 2 heterocycles. The van der Waals surface area contributed by atoms with E-state index < -0.39 is 44.4 Å². The standard InChI is InChI=1S/C16H17N3O6S/c1-15(2)10(12(21)22)18-13(23)16(3,14(18)26-15)17-11(20)8-4-6-9(7-5-8)19(24)25/h4-7,10,14H,1-3H3,(H,17,20)(H,21,22)/t10-,14+,16?/m0/s1. The number of nitrogens with zero attached hydrogens (tertiary/aromatic N) is 2. The molecule has 2 saturated heterocycles. The number of nitrogens with one attached hydrogen (secondary N) is 1. The topological polar surface area (TPSA) is 130 Å². The number of nitro benzene ring substituents is 1. The Bertz CT molecular complexity index is 824. The van der Waals surface area contributed by atoms with Crippen LogP contribution in [0.4, 0.5) is 5.69 Å². The molecule has 1 unspecified atom stereocenters. The summed E-state index contributed by atoms with van der Waals surface area (Å²) >= 11 is 1.33. The molecule has 2 N–H and O–H groups in total. The third-order valence-corrected chi connectivity index (χ3v) is 6.48. The lowest BCUT2D eigenvalue weighted by atomic mass is 9.86. The summed E-state index contributed by atoms with van der Waals surface area (Å²) in [6.45, 7) is 5.06. The molecule has 26 heavy (non-hydrogen) atoms. The monoisotopic (exact) mass is 379 g/mol. The van der Waals surface area contributed by atoms with Crippen LogP contribution in [-0.2, 0) is 9.59 Å². The maximum Gasteiger partial charge on any atom is 0.327 e. The maximum absolute atomic E-state index is 12.6. The van der Waals surface area contributed by atoms with Crippen LogP contribution >= 0.6 is 11.8 Å². The molecule has 138 valence electrons. The molecule has 2 fully saturated rings. The van der Waals surface area contributed by atoms with Crippen molar-refractivity contribution in [1.82, 2.24) is 10.2 Å². The fourth-order valence-corrected chi connectivity index (χ4v) is 5.03. The van der Waals surface area contributed by atoms with Gasteiger partial charge in [-0.3, -0.25) is 19.7 Å². The van der Waals surface area contributed by atoms with Crippen LogP contribution in [0.2, 0.25) is 0 Å². The van der Waals surface area contributed by atoms with E-state index in [1.165, 1.54) is 40.9 Å². The highest BCUT2D eigenvalue weighted by molar-refractivity contribution is 8.01. The molecule has 2 aliphatic rings. The van der Waals surface area contributed by atoms with E-state index in [1.54, 1.807) is 20.8 Å². The summed E-state index contributed by atoms with van der Waals surface area (Å²) in [7, 11) is 0. The Morgan fingerprint density at radius 1 is 1.27 bits per heavy atom. The van der Waals surface area contributed by atoms with Crippen molar-refractivity contribution in [2.24, 2.45) is 0 Å². The molecule has 0 bridgehead atoms. The van der Waals surface area contributed by atoms with Crippen molar-refractivity contribution in [2.45, 2.75) is 42.5 Å². The number of hydrogen-bond acceptors (Lipinski definition) is 6. The molecule has 3 atom stereocenters. The SMILES string of the molecule is CC1(C)S[C@H]2N(C(=O)C2(C)NC(=O)c2ccc([N+](=O)[O-])cc2)[C@H]1C(=O)O. The maximum atomic E-state index is 12.6. The first kappa shape index (κ1) is 18.2. The highest BCUT2D eigenvalue weighted by Crippen LogP contribution is 2.54. The van der Waals surface area contributed by atoms with Crippen molar-refractivity contribution in [3.63, 3.8) is 0 Å². The molecule has 3 rings (SSSR count).